The minimum atomic E-state index is 0.576. The van der Waals surface area contributed by atoms with Gasteiger partial charge < -0.3 is 8.98 Å². The van der Waals surface area contributed by atoms with E-state index in [2.05, 4.69) is 229 Å². The number of rotatable bonds is 8. The van der Waals surface area contributed by atoms with E-state index in [9.17, 15) is 0 Å². The lowest BCUT2D eigenvalue weighted by molar-refractivity contribution is 0.671. The Kier molecular flexibility index (Phi) is 9.43. The molecule has 0 unspecified atom stereocenters. The fraction of sp³-hybridized carbons (Fsp3) is 0. The molecule has 13 aromatic rings. The molecule has 0 amide bonds. The number of aromatic nitrogens is 4. The fourth-order valence-corrected chi connectivity index (χ4v) is 9.79. The first-order chi connectivity index (χ1) is 33.7. The summed E-state index contributed by atoms with van der Waals surface area (Å²) in [5.74, 6) is 1.77. The molecule has 318 valence electrons. The van der Waals surface area contributed by atoms with Crippen LogP contribution in [0, 0.1) is 0 Å². The summed E-state index contributed by atoms with van der Waals surface area (Å²) in [6, 6.07) is 85.2. The van der Waals surface area contributed by atoms with Gasteiger partial charge in [-0.1, -0.05) is 212 Å². The van der Waals surface area contributed by atoms with Gasteiger partial charge in [-0.25, -0.2) is 15.0 Å². The zero-order chi connectivity index (χ0) is 45.0. The largest absolute Gasteiger partial charge is 0.454 e. The number of hydrogen-bond acceptors (Lipinski definition) is 4. The molecule has 0 saturated carbocycles. The summed E-state index contributed by atoms with van der Waals surface area (Å²) < 4.78 is 9.30. The van der Waals surface area contributed by atoms with E-state index in [0.29, 0.717) is 17.5 Å². The second kappa shape index (κ2) is 16.4. The van der Waals surface area contributed by atoms with Gasteiger partial charge >= 0.3 is 0 Å². The first-order valence-electron chi connectivity index (χ1n) is 22.9. The summed E-state index contributed by atoms with van der Waals surface area (Å²) in [6.45, 7) is 0. The number of hydrogen-bond donors (Lipinski definition) is 0. The Morgan fingerprint density at radius 1 is 0.294 bits per heavy atom. The van der Waals surface area contributed by atoms with E-state index in [-0.39, 0.29) is 0 Å². The van der Waals surface area contributed by atoms with Crippen LogP contribution in [-0.2, 0) is 0 Å². The van der Waals surface area contributed by atoms with Crippen molar-refractivity contribution in [3.63, 3.8) is 0 Å². The average molecular weight is 869 g/mol. The number of nitrogens with zero attached hydrogens (tertiary/aromatic N) is 4. The molecule has 5 heteroatoms. The predicted octanol–water partition coefficient (Wildman–Crippen LogP) is 16.5. The van der Waals surface area contributed by atoms with Gasteiger partial charge in [0.05, 0.1) is 16.7 Å². The molecule has 0 aliphatic rings. The maximum atomic E-state index is 6.87. The van der Waals surface area contributed by atoms with Crippen LogP contribution in [-0.4, -0.2) is 19.5 Å². The molecule has 0 fully saturated rings. The van der Waals surface area contributed by atoms with Crippen molar-refractivity contribution in [1.82, 2.24) is 19.5 Å². The van der Waals surface area contributed by atoms with Crippen molar-refractivity contribution in [3.05, 3.63) is 243 Å². The molecule has 0 aliphatic carbocycles. The second-order valence-electron chi connectivity index (χ2n) is 17.1. The highest BCUT2D eigenvalue weighted by atomic mass is 16.3. The van der Waals surface area contributed by atoms with E-state index in [1.807, 2.05) is 18.2 Å². The van der Waals surface area contributed by atoms with E-state index in [4.69, 9.17) is 19.4 Å². The Morgan fingerprint density at radius 3 is 1.22 bits per heavy atom. The van der Waals surface area contributed by atoms with Crippen molar-refractivity contribution in [1.29, 1.82) is 0 Å². The topological polar surface area (TPSA) is 56.7 Å². The normalized spacial score (nSPS) is 11.5. The highest BCUT2D eigenvalue weighted by Crippen LogP contribution is 2.46. The first-order valence-corrected chi connectivity index (χ1v) is 22.9. The van der Waals surface area contributed by atoms with E-state index in [1.54, 1.807) is 0 Å². The third-order valence-corrected chi connectivity index (χ3v) is 13.1. The van der Waals surface area contributed by atoms with Gasteiger partial charge in [-0.05, 0) is 63.7 Å². The number of benzene rings is 10. The van der Waals surface area contributed by atoms with Crippen LogP contribution < -0.4 is 0 Å². The van der Waals surface area contributed by atoms with Crippen LogP contribution in [0.15, 0.2) is 247 Å². The Bertz CT molecular complexity index is 3810. The zero-order valence-electron chi connectivity index (χ0n) is 36.8. The van der Waals surface area contributed by atoms with Crippen molar-refractivity contribution in [3.8, 4) is 84.4 Å². The number of para-hydroxylation sites is 2. The van der Waals surface area contributed by atoms with Gasteiger partial charge in [0.15, 0.2) is 23.1 Å². The maximum Gasteiger partial charge on any atom is 0.164 e. The van der Waals surface area contributed by atoms with Gasteiger partial charge in [0, 0.05) is 49.4 Å². The Hall–Kier alpha value is -9.19. The summed E-state index contributed by atoms with van der Waals surface area (Å²) in [5, 5.41) is 4.44. The van der Waals surface area contributed by atoms with Gasteiger partial charge in [0.25, 0.3) is 0 Å². The molecule has 68 heavy (non-hydrogen) atoms. The zero-order valence-corrected chi connectivity index (χ0v) is 36.8. The summed E-state index contributed by atoms with van der Waals surface area (Å²) >= 11 is 0. The number of furan rings is 1. The standard InChI is InChI=1S/C63H40N4O/c1-5-17-41(18-6-1)43-29-33-47(34-30-43)61-64-62(48-35-31-44(32-36-48)42-19-7-2-8-20-42)66-63(65-61)49-39-54(45-21-9-3-10-22-45)58(55(40-49)46-23-11-4-12-24-46)67-56-27-15-13-25-50(56)52-37-38-53-51-26-14-16-28-57(51)68-60(53)59(52)67/h1-40H. The van der Waals surface area contributed by atoms with E-state index in [1.165, 1.54) is 0 Å². The maximum absolute atomic E-state index is 6.87. The molecule has 5 nitrogen and oxygen atoms in total. The predicted molar refractivity (Wildman–Crippen MR) is 279 cm³/mol. The Labute approximate surface area is 392 Å². The quantitative estimate of drug-likeness (QED) is 0.153. The Morgan fingerprint density at radius 2 is 0.691 bits per heavy atom. The first kappa shape index (κ1) is 39.2. The van der Waals surface area contributed by atoms with Gasteiger partial charge in [0.2, 0.25) is 0 Å². The SMILES string of the molecule is c1ccc(-c2ccc(-c3nc(-c4ccc(-c5ccccc5)cc4)nc(-c4cc(-c5ccccc5)c(-n5c6ccccc6c6ccc7c8ccccc8oc7c65)c(-c5ccccc5)c4)n3)cc2)cc1. The summed E-state index contributed by atoms with van der Waals surface area (Å²) in [7, 11) is 0. The third-order valence-electron chi connectivity index (χ3n) is 13.1. The van der Waals surface area contributed by atoms with Crippen molar-refractivity contribution in [2.75, 3.05) is 0 Å². The van der Waals surface area contributed by atoms with Gasteiger partial charge in [-0.15, -0.1) is 0 Å². The van der Waals surface area contributed by atoms with Crippen LogP contribution in [0.25, 0.3) is 128 Å². The van der Waals surface area contributed by atoms with Gasteiger partial charge in [0.1, 0.15) is 5.58 Å². The molecule has 0 radical (unpaired) electrons. The van der Waals surface area contributed by atoms with Crippen LogP contribution in [0.4, 0.5) is 0 Å². The summed E-state index contributed by atoms with van der Waals surface area (Å²) in [6.07, 6.45) is 0. The van der Waals surface area contributed by atoms with Crippen LogP contribution in [0.3, 0.4) is 0 Å². The number of fused-ring (bicyclic) bond motifs is 7. The van der Waals surface area contributed by atoms with E-state index in [0.717, 1.165) is 111 Å². The Balaban J connectivity index is 1.09. The molecular weight excluding hydrogens is 829 g/mol. The lowest BCUT2D eigenvalue weighted by Crippen LogP contribution is -2.04. The summed E-state index contributed by atoms with van der Waals surface area (Å²) in [4.78, 5) is 15.9. The second-order valence-corrected chi connectivity index (χ2v) is 17.1. The molecule has 0 atom stereocenters. The van der Waals surface area contributed by atoms with Crippen LogP contribution in [0.1, 0.15) is 0 Å². The molecule has 0 spiro atoms. The van der Waals surface area contributed by atoms with Gasteiger partial charge in [-0.2, -0.15) is 0 Å². The molecule has 3 heterocycles. The molecule has 0 bridgehead atoms. The third kappa shape index (κ3) is 6.76. The lowest BCUT2D eigenvalue weighted by atomic mass is 9.92. The molecule has 10 aromatic carbocycles. The smallest absolute Gasteiger partial charge is 0.164 e. The molecule has 3 aromatic heterocycles. The molecule has 0 saturated heterocycles. The minimum Gasteiger partial charge on any atom is -0.454 e. The van der Waals surface area contributed by atoms with Crippen molar-refractivity contribution in [2.24, 2.45) is 0 Å². The molecular formula is C63H40N4O. The monoisotopic (exact) mass is 868 g/mol. The average Bonchev–Trinajstić information content (AvgIpc) is 3.97. The summed E-state index contributed by atoms with van der Waals surface area (Å²) in [5.41, 5.74) is 16.3. The van der Waals surface area contributed by atoms with E-state index >= 15 is 0 Å². The van der Waals surface area contributed by atoms with Crippen molar-refractivity contribution in [2.45, 2.75) is 0 Å². The van der Waals surface area contributed by atoms with Crippen molar-refractivity contribution < 1.29 is 4.42 Å². The lowest BCUT2D eigenvalue weighted by Gasteiger charge is -2.21. The highest BCUT2D eigenvalue weighted by molar-refractivity contribution is 6.22. The van der Waals surface area contributed by atoms with Crippen LogP contribution >= 0.6 is 0 Å². The minimum absolute atomic E-state index is 0.576. The molecule has 13 rings (SSSR count). The highest BCUT2D eigenvalue weighted by Gasteiger charge is 2.25. The van der Waals surface area contributed by atoms with Gasteiger partial charge in [-0.3, -0.25) is 0 Å². The van der Waals surface area contributed by atoms with Crippen LogP contribution in [0.2, 0.25) is 0 Å². The molecule has 0 N–H and O–H groups in total. The molecule has 0 aliphatic heterocycles. The fourth-order valence-electron chi connectivity index (χ4n) is 9.79. The van der Waals surface area contributed by atoms with E-state index < -0.39 is 0 Å². The van der Waals surface area contributed by atoms with Crippen LogP contribution in [0.5, 0.6) is 0 Å². The van der Waals surface area contributed by atoms with Crippen molar-refractivity contribution >= 4 is 43.7 Å².